The highest BCUT2D eigenvalue weighted by atomic mass is 16.1. The molecule has 0 radical (unpaired) electrons. The SMILES string of the molecule is Cc1ccc(C)c(C(=O)CCc2cnn(C)c2)c1. The van der Waals surface area contributed by atoms with Crippen LogP contribution in [0.3, 0.4) is 0 Å². The Morgan fingerprint density at radius 1 is 1.33 bits per heavy atom. The molecule has 0 aliphatic rings. The Labute approximate surface area is 107 Å². The molecule has 0 aliphatic heterocycles. The lowest BCUT2D eigenvalue weighted by molar-refractivity contribution is 0.0982. The molecule has 0 spiro atoms. The van der Waals surface area contributed by atoms with Crippen LogP contribution in [0.4, 0.5) is 0 Å². The zero-order valence-corrected chi connectivity index (χ0v) is 11.1. The molecule has 1 aromatic carbocycles. The van der Waals surface area contributed by atoms with Crippen molar-refractivity contribution in [3.8, 4) is 0 Å². The van der Waals surface area contributed by atoms with Crippen LogP contribution in [0.1, 0.15) is 33.5 Å². The number of hydrogen-bond donors (Lipinski definition) is 0. The third kappa shape index (κ3) is 2.86. The standard InChI is InChI=1S/C15H18N2O/c1-11-4-5-12(2)14(8-11)15(18)7-6-13-9-16-17(3)10-13/h4-5,8-10H,6-7H2,1-3H3. The van der Waals surface area contributed by atoms with Gasteiger partial charge in [-0.2, -0.15) is 5.10 Å². The van der Waals surface area contributed by atoms with Crippen molar-refractivity contribution in [2.45, 2.75) is 26.7 Å². The maximum absolute atomic E-state index is 12.2. The summed E-state index contributed by atoms with van der Waals surface area (Å²) in [5, 5.41) is 4.10. The van der Waals surface area contributed by atoms with Crippen molar-refractivity contribution in [1.82, 2.24) is 9.78 Å². The summed E-state index contributed by atoms with van der Waals surface area (Å²) in [7, 11) is 1.88. The lowest BCUT2D eigenvalue weighted by Gasteiger charge is -2.05. The van der Waals surface area contributed by atoms with E-state index in [0.29, 0.717) is 6.42 Å². The quantitative estimate of drug-likeness (QED) is 0.773. The monoisotopic (exact) mass is 242 g/mol. The minimum Gasteiger partial charge on any atom is -0.294 e. The molecule has 0 bridgehead atoms. The van der Waals surface area contributed by atoms with Gasteiger partial charge in [0.25, 0.3) is 0 Å². The van der Waals surface area contributed by atoms with Crippen molar-refractivity contribution >= 4 is 5.78 Å². The van der Waals surface area contributed by atoms with Gasteiger partial charge in [0, 0.05) is 25.2 Å². The van der Waals surface area contributed by atoms with E-state index < -0.39 is 0 Å². The fraction of sp³-hybridized carbons (Fsp3) is 0.333. The number of Topliss-reactive ketones (excluding diaryl/α,β-unsaturated/α-hetero) is 1. The van der Waals surface area contributed by atoms with Gasteiger partial charge >= 0.3 is 0 Å². The number of hydrogen-bond acceptors (Lipinski definition) is 2. The van der Waals surface area contributed by atoms with Crippen molar-refractivity contribution in [2.24, 2.45) is 7.05 Å². The van der Waals surface area contributed by atoms with Gasteiger partial charge in [-0.3, -0.25) is 9.48 Å². The van der Waals surface area contributed by atoms with Crippen LogP contribution in [0.25, 0.3) is 0 Å². The van der Waals surface area contributed by atoms with Gasteiger partial charge in [0.1, 0.15) is 0 Å². The summed E-state index contributed by atoms with van der Waals surface area (Å²) in [4.78, 5) is 12.2. The average Bonchev–Trinajstić information content (AvgIpc) is 2.75. The molecule has 0 fully saturated rings. The second-order valence-corrected chi connectivity index (χ2v) is 4.76. The third-order valence-electron chi connectivity index (χ3n) is 3.09. The number of rotatable bonds is 4. The second-order valence-electron chi connectivity index (χ2n) is 4.76. The predicted molar refractivity (Wildman–Crippen MR) is 71.8 cm³/mol. The number of nitrogens with zero attached hydrogens (tertiary/aromatic N) is 2. The van der Waals surface area contributed by atoms with Crippen LogP contribution in [0.15, 0.2) is 30.6 Å². The van der Waals surface area contributed by atoms with E-state index in [1.807, 2.05) is 51.5 Å². The summed E-state index contributed by atoms with van der Waals surface area (Å²) in [6.07, 6.45) is 5.06. The van der Waals surface area contributed by atoms with E-state index in [9.17, 15) is 4.79 Å². The zero-order valence-electron chi connectivity index (χ0n) is 11.1. The first-order valence-corrected chi connectivity index (χ1v) is 6.14. The molecule has 2 aromatic rings. The fourth-order valence-electron chi connectivity index (χ4n) is 2.03. The molecule has 0 amide bonds. The van der Waals surface area contributed by atoms with Crippen molar-refractivity contribution in [3.63, 3.8) is 0 Å². The van der Waals surface area contributed by atoms with Crippen LogP contribution in [-0.4, -0.2) is 15.6 Å². The first kappa shape index (κ1) is 12.6. The normalized spacial score (nSPS) is 10.6. The molecule has 0 N–H and O–H groups in total. The number of carbonyl (C=O) groups excluding carboxylic acids is 1. The van der Waals surface area contributed by atoms with Crippen LogP contribution in [0.5, 0.6) is 0 Å². The van der Waals surface area contributed by atoms with Crippen LogP contribution in [-0.2, 0) is 13.5 Å². The largest absolute Gasteiger partial charge is 0.294 e. The summed E-state index contributed by atoms with van der Waals surface area (Å²) in [5.74, 6) is 0.208. The van der Waals surface area contributed by atoms with E-state index in [2.05, 4.69) is 5.10 Å². The summed E-state index contributed by atoms with van der Waals surface area (Å²) >= 11 is 0. The Hall–Kier alpha value is -1.90. The van der Waals surface area contributed by atoms with E-state index in [1.165, 1.54) is 0 Å². The van der Waals surface area contributed by atoms with Crippen molar-refractivity contribution in [3.05, 3.63) is 52.8 Å². The number of ketones is 1. The number of benzene rings is 1. The summed E-state index contributed by atoms with van der Waals surface area (Å²) in [6, 6.07) is 6.01. The molecular weight excluding hydrogens is 224 g/mol. The molecule has 0 unspecified atom stereocenters. The highest BCUT2D eigenvalue weighted by Gasteiger charge is 2.09. The van der Waals surface area contributed by atoms with Gasteiger partial charge in [0.05, 0.1) is 6.20 Å². The highest BCUT2D eigenvalue weighted by Crippen LogP contribution is 2.14. The lowest BCUT2D eigenvalue weighted by Crippen LogP contribution is -2.03. The van der Waals surface area contributed by atoms with Gasteiger partial charge in [0.2, 0.25) is 0 Å². The second kappa shape index (κ2) is 5.17. The molecule has 3 nitrogen and oxygen atoms in total. The first-order valence-electron chi connectivity index (χ1n) is 6.14. The summed E-state index contributed by atoms with van der Waals surface area (Å²) in [6.45, 7) is 3.99. The minimum atomic E-state index is 0.208. The summed E-state index contributed by atoms with van der Waals surface area (Å²) < 4.78 is 1.76. The lowest BCUT2D eigenvalue weighted by atomic mass is 9.98. The van der Waals surface area contributed by atoms with Gasteiger partial charge < -0.3 is 0 Å². The average molecular weight is 242 g/mol. The molecule has 0 aliphatic carbocycles. The van der Waals surface area contributed by atoms with Gasteiger partial charge in [-0.15, -0.1) is 0 Å². The van der Waals surface area contributed by atoms with Crippen molar-refractivity contribution in [1.29, 1.82) is 0 Å². The molecule has 2 rings (SSSR count). The Balaban J connectivity index is 2.05. The number of aromatic nitrogens is 2. The number of aryl methyl sites for hydroxylation is 4. The van der Waals surface area contributed by atoms with E-state index in [4.69, 9.17) is 0 Å². The molecule has 0 atom stereocenters. The van der Waals surface area contributed by atoms with Gasteiger partial charge in [-0.1, -0.05) is 17.7 Å². The van der Waals surface area contributed by atoms with Crippen LogP contribution in [0, 0.1) is 13.8 Å². The van der Waals surface area contributed by atoms with Crippen molar-refractivity contribution < 1.29 is 4.79 Å². The topological polar surface area (TPSA) is 34.9 Å². The Bertz CT molecular complexity index is 570. The van der Waals surface area contributed by atoms with E-state index >= 15 is 0 Å². The van der Waals surface area contributed by atoms with Crippen molar-refractivity contribution in [2.75, 3.05) is 0 Å². The predicted octanol–water partition coefficient (Wildman–Crippen LogP) is 2.85. The molecule has 1 heterocycles. The minimum absolute atomic E-state index is 0.208. The molecule has 94 valence electrons. The van der Waals surface area contributed by atoms with Crippen LogP contribution >= 0.6 is 0 Å². The molecule has 18 heavy (non-hydrogen) atoms. The third-order valence-corrected chi connectivity index (χ3v) is 3.09. The Kier molecular flexibility index (Phi) is 3.60. The molecule has 3 heteroatoms. The molecule has 1 aromatic heterocycles. The molecule has 0 saturated heterocycles. The Morgan fingerprint density at radius 3 is 2.78 bits per heavy atom. The fourth-order valence-corrected chi connectivity index (χ4v) is 2.03. The van der Waals surface area contributed by atoms with Crippen LogP contribution in [0.2, 0.25) is 0 Å². The van der Waals surface area contributed by atoms with E-state index in [0.717, 1.165) is 28.7 Å². The van der Waals surface area contributed by atoms with Gasteiger partial charge in [-0.05, 0) is 37.5 Å². The highest BCUT2D eigenvalue weighted by molar-refractivity contribution is 5.97. The van der Waals surface area contributed by atoms with Gasteiger partial charge in [-0.25, -0.2) is 0 Å². The van der Waals surface area contributed by atoms with E-state index in [1.54, 1.807) is 4.68 Å². The summed E-state index contributed by atoms with van der Waals surface area (Å²) in [5.41, 5.74) is 4.14. The van der Waals surface area contributed by atoms with Gasteiger partial charge in [0.15, 0.2) is 5.78 Å². The van der Waals surface area contributed by atoms with E-state index in [-0.39, 0.29) is 5.78 Å². The maximum atomic E-state index is 12.2. The molecular formula is C15H18N2O. The smallest absolute Gasteiger partial charge is 0.163 e. The zero-order chi connectivity index (χ0) is 13.1. The first-order chi connectivity index (χ1) is 8.56. The maximum Gasteiger partial charge on any atom is 0.163 e. The van der Waals surface area contributed by atoms with Crippen LogP contribution < -0.4 is 0 Å². The Morgan fingerprint density at radius 2 is 2.11 bits per heavy atom. The number of carbonyl (C=O) groups is 1. The molecule has 0 saturated carbocycles.